The fraction of sp³-hybridized carbons (Fsp3) is 0.200. The maximum absolute atomic E-state index is 13.0. The van der Waals surface area contributed by atoms with Crippen molar-refractivity contribution in [1.29, 1.82) is 5.26 Å². The van der Waals surface area contributed by atoms with Crippen LogP contribution in [0.3, 0.4) is 0 Å². The number of benzene rings is 1. The van der Waals surface area contributed by atoms with Gasteiger partial charge in [0.1, 0.15) is 18.3 Å². The summed E-state index contributed by atoms with van der Waals surface area (Å²) in [6.07, 6.45) is 0. The maximum atomic E-state index is 13.0. The van der Waals surface area contributed by atoms with Crippen LogP contribution in [0.5, 0.6) is 0 Å². The zero-order valence-electron chi connectivity index (χ0n) is 17.0. The summed E-state index contributed by atoms with van der Waals surface area (Å²) in [5, 5.41) is 29.1. The lowest BCUT2D eigenvalue weighted by molar-refractivity contribution is -0.143. The molecule has 1 aromatic heterocycles. The fourth-order valence-corrected chi connectivity index (χ4v) is 3.97. The number of thiazole rings is 1. The van der Waals surface area contributed by atoms with E-state index in [1.807, 2.05) is 30.3 Å². The second kappa shape index (κ2) is 9.07. The third-order valence-electron chi connectivity index (χ3n) is 4.87. The predicted octanol–water partition coefficient (Wildman–Crippen LogP) is 0.0661. The molecule has 0 aliphatic carbocycles. The van der Waals surface area contributed by atoms with Gasteiger partial charge in [0.05, 0.1) is 18.2 Å². The highest BCUT2D eigenvalue weighted by molar-refractivity contribution is 7.13. The summed E-state index contributed by atoms with van der Waals surface area (Å²) in [5.41, 5.74) is 6.06. The van der Waals surface area contributed by atoms with E-state index in [1.165, 1.54) is 10.4 Å². The number of hydrogen-bond acceptors (Lipinski definition) is 10. The number of carboxylic acids is 1. The van der Waals surface area contributed by atoms with Gasteiger partial charge in [-0.25, -0.2) is 19.8 Å². The van der Waals surface area contributed by atoms with Gasteiger partial charge in [-0.15, -0.1) is 11.3 Å². The van der Waals surface area contributed by atoms with Crippen LogP contribution in [0.25, 0.3) is 0 Å². The monoisotopic (exact) mass is 467 g/mol. The highest BCUT2D eigenvalue weighted by Gasteiger charge is 2.48. The SMILES string of the molecule is N#CC1=C(C(=O)O)N2C(=O)[C@@H](NC(=O)C(=NOCc3ccccc3)c3csc(N)n3)CN2C1. The van der Waals surface area contributed by atoms with Gasteiger partial charge in [0, 0.05) is 11.9 Å². The van der Waals surface area contributed by atoms with Crippen LogP contribution in [0.15, 0.2) is 52.1 Å². The molecule has 0 unspecified atom stereocenters. The average Bonchev–Trinajstić information content (AvgIpc) is 3.46. The van der Waals surface area contributed by atoms with Gasteiger partial charge < -0.3 is 21.0 Å². The average molecular weight is 467 g/mol. The molecule has 1 atom stereocenters. The van der Waals surface area contributed by atoms with Crippen molar-refractivity contribution in [3.8, 4) is 6.07 Å². The Balaban J connectivity index is 1.51. The Morgan fingerprint density at radius 1 is 1.39 bits per heavy atom. The number of anilines is 1. The molecule has 168 valence electrons. The van der Waals surface area contributed by atoms with Crippen molar-refractivity contribution in [3.63, 3.8) is 0 Å². The number of nitrogen functional groups attached to an aromatic ring is 1. The molecule has 2 aromatic rings. The van der Waals surface area contributed by atoms with Crippen LogP contribution in [0.1, 0.15) is 11.3 Å². The summed E-state index contributed by atoms with van der Waals surface area (Å²) in [6.45, 7) is 0.0503. The van der Waals surface area contributed by atoms with Gasteiger partial charge in [0.15, 0.2) is 16.5 Å². The number of aliphatic carboxylic acids is 1. The molecule has 4 N–H and O–H groups in total. The van der Waals surface area contributed by atoms with Crippen molar-refractivity contribution in [2.45, 2.75) is 12.6 Å². The van der Waals surface area contributed by atoms with Gasteiger partial charge in [-0.1, -0.05) is 35.5 Å². The Hall–Kier alpha value is -4.28. The van der Waals surface area contributed by atoms with Crippen molar-refractivity contribution in [3.05, 3.63) is 58.2 Å². The fourth-order valence-electron chi connectivity index (χ4n) is 3.42. The van der Waals surface area contributed by atoms with Crippen molar-refractivity contribution in [2.24, 2.45) is 5.16 Å². The number of amides is 2. The quantitative estimate of drug-likeness (QED) is 0.376. The number of nitrogens with zero attached hydrogens (tertiary/aromatic N) is 5. The van der Waals surface area contributed by atoms with E-state index in [1.54, 1.807) is 6.07 Å². The highest BCUT2D eigenvalue weighted by atomic mass is 32.1. The number of rotatable bonds is 7. The lowest BCUT2D eigenvalue weighted by atomic mass is 10.2. The Bertz CT molecular complexity index is 1220. The van der Waals surface area contributed by atoms with Crippen LogP contribution in [-0.2, 0) is 25.8 Å². The summed E-state index contributed by atoms with van der Waals surface area (Å²) >= 11 is 1.11. The first-order valence-electron chi connectivity index (χ1n) is 9.60. The molecule has 1 saturated heterocycles. The van der Waals surface area contributed by atoms with Crippen LogP contribution < -0.4 is 11.1 Å². The van der Waals surface area contributed by atoms with E-state index in [2.05, 4.69) is 15.5 Å². The van der Waals surface area contributed by atoms with Crippen LogP contribution in [0.4, 0.5) is 5.13 Å². The molecular weight excluding hydrogens is 450 g/mol. The smallest absolute Gasteiger partial charge is 0.355 e. The number of carbonyl (C=O) groups is 3. The number of hydrogen-bond donors (Lipinski definition) is 3. The van der Waals surface area contributed by atoms with Gasteiger partial charge >= 0.3 is 5.97 Å². The lowest BCUT2D eigenvalue weighted by Crippen LogP contribution is -2.46. The number of nitrogens with one attached hydrogen (secondary N) is 1. The Morgan fingerprint density at radius 3 is 2.79 bits per heavy atom. The molecule has 12 nitrogen and oxygen atoms in total. The topological polar surface area (TPSA) is 174 Å². The number of nitrogens with two attached hydrogens (primary N) is 1. The maximum Gasteiger partial charge on any atom is 0.355 e. The first kappa shape index (κ1) is 21.9. The number of carboxylic acid groups (broad SMARTS) is 1. The van der Waals surface area contributed by atoms with Crippen LogP contribution in [0, 0.1) is 11.3 Å². The standard InChI is InChI=1S/C20H17N7O5S/c21-6-12-7-26-8-13(18(29)27(26)16(12)19(30)31)23-17(28)15(14-10-33-20(22)24-14)25-32-9-11-4-2-1-3-5-11/h1-5,10,13H,7-9H2,(H2,22,24)(H,23,28)(H,30,31)/t13-/m0/s1. The first-order valence-corrected chi connectivity index (χ1v) is 10.5. The Labute approximate surface area is 191 Å². The van der Waals surface area contributed by atoms with Crippen LogP contribution in [-0.4, -0.2) is 62.7 Å². The van der Waals surface area contributed by atoms with Gasteiger partial charge in [-0.05, 0) is 5.56 Å². The molecular formula is C20H17N7O5S. The lowest BCUT2D eigenvalue weighted by Gasteiger charge is -2.18. The van der Waals surface area contributed by atoms with Gasteiger partial charge in [-0.2, -0.15) is 5.26 Å². The van der Waals surface area contributed by atoms with Gasteiger partial charge in [0.25, 0.3) is 11.8 Å². The zero-order valence-corrected chi connectivity index (χ0v) is 17.8. The Kier molecular flexibility index (Phi) is 6.03. The number of oxime groups is 1. The second-order valence-corrected chi connectivity index (χ2v) is 7.93. The number of hydrazine groups is 1. The largest absolute Gasteiger partial charge is 0.476 e. The van der Waals surface area contributed by atoms with E-state index in [0.717, 1.165) is 21.9 Å². The van der Waals surface area contributed by atoms with E-state index in [0.29, 0.717) is 0 Å². The molecule has 4 rings (SSSR count). The molecule has 3 heterocycles. The molecule has 13 heteroatoms. The predicted molar refractivity (Wildman–Crippen MR) is 115 cm³/mol. The molecule has 0 radical (unpaired) electrons. The minimum atomic E-state index is -1.40. The molecule has 0 spiro atoms. The van der Waals surface area contributed by atoms with E-state index in [9.17, 15) is 19.5 Å². The minimum Gasteiger partial charge on any atom is -0.476 e. The third-order valence-corrected chi connectivity index (χ3v) is 5.55. The summed E-state index contributed by atoms with van der Waals surface area (Å²) in [7, 11) is 0. The zero-order chi connectivity index (χ0) is 23.5. The molecule has 2 aliphatic heterocycles. The summed E-state index contributed by atoms with van der Waals surface area (Å²) < 4.78 is 0. The van der Waals surface area contributed by atoms with Gasteiger partial charge in [-0.3, -0.25) is 9.59 Å². The molecule has 1 aromatic carbocycles. The van der Waals surface area contributed by atoms with Crippen LogP contribution >= 0.6 is 11.3 Å². The van der Waals surface area contributed by atoms with E-state index >= 15 is 0 Å². The van der Waals surface area contributed by atoms with Gasteiger partial charge in [0.2, 0.25) is 0 Å². The summed E-state index contributed by atoms with van der Waals surface area (Å²) in [6, 6.07) is 9.94. The normalized spacial score (nSPS) is 18.3. The number of aromatic nitrogens is 1. The highest BCUT2D eigenvalue weighted by Crippen LogP contribution is 2.29. The van der Waals surface area contributed by atoms with E-state index in [-0.39, 0.29) is 41.8 Å². The second-order valence-electron chi connectivity index (χ2n) is 7.04. The van der Waals surface area contributed by atoms with Crippen LogP contribution in [0.2, 0.25) is 0 Å². The molecule has 2 amide bonds. The molecule has 0 saturated carbocycles. The summed E-state index contributed by atoms with van der Waals surface area (Å²) in [4.78, 5) is 46.7. The van der Waals surface area contributed by atoms with E-state index in [4.69, 9.17) is 15.8 Å². The Morgan fingerprint density at radius 2 is 2.15 bits per heavy atom. The number of carbonyl (C=O) groups excluding carboxylic acids is 2. The minimum absolute atomic E-state index is 0.0100. The van der Waals surface area contributed by atoms with Crippen molar-refractivity contribution in [2.75, 3.05) is 18.8 Å². The number of nitriles is 1. The van der Waals surface area contributed by atoms with Crippen molar-refractivity contribution >= 4 is 40.0 Å². The van der Waals surface area contributed by atoms with Crippen molar-refractivity contribution in [1.82, 2.24) is 20.3 Å². The molecule has 33 heavy (non-hydrogen) atoms. The third kappa shape index (κ3) is 4.38. The number of fused-ring (bicyclic) bond motifs is 1. The summed E-state index contributed by atoms with van der Waals surface area (Å²) in [5.74, 6) is -2.81. The van der Waals surface area contributed by atoms with Crippen molar-refractivity contribution < 1.29 is 24.3 Å². The molecule has 1 fully saturated rings. The first-order chi connectivity index (χ1) is 15.9. The van der Waals surface area contributed by atoms with E-state index < -0.39 is 29.5 Å². The molecule has 2 aliphatic rings. The molecule has 0 bridgehead atoms.